The van der Waals surface area contributed by atoms with Crippen molar-refractivity contribution in [2.45, 2.75) is 31.7 Å². The van der Waals surface area contributed by atoms with Gasteiger partial charge in [-0.2, -0.15) is 0 Å². The fraction of sp³-hybridized carbons (Fsp3) is 0.500. The highest BCUT2D eigenvalue weighted by molar-refractivity contribution is 6.32. The van der Waals surface area contributed by atoms with Crippen molar-refractivity contribution in [2.75, 3.05) is 13.7 Å². The van der Waals surface area contributed by atoms with Crippen LogP contribution in [-0.4, -0.2) is 25.5 Å². The number of ketones is 1. The molecule has 0 amide bonds. The molecule has 0 saturated carbocycles. The monoisotopic (exact) mass is 267 g/mol. The third kappa shape index (κ3) is 3.24. The Morgan fingerprint density at radius 1 is 1.50 bits per heavy atom. The Balaban J connectivity index is 2.01. The average Bonchev–Trinajstić information content (AvgIpc) is 2.39. The number of benzene rings is 1. The van der Waals surface area contributed by atoms with Crippen LogP contribution in [-0.2, 0) is 0 Å². The SMILES string of the molecule is COc1ccc(C(=O)CC2CCCCN2)cc1Cl. The smallest absolute Gasteiger partial charge is 0.164 e. The molecule has 0 radical (unpaired) electrons. The quantitative estimate of drug-likeness (QED) is 0.852. The number of ether oxygens (including phenoxy) is 1. The van der Waals surface area contributed by atoms with E-state index < -0.39 is 0 Å². The lowest BCUT2D eigenvalue weighted by molar-refractivity contribution is 0.0963. The molecule has 1 unspecified atom stereocenters. The van der Waals surface area contributed by atoms with E-state index in [0.29, 0.717) is 28.8 Å². The van der Waals surface area contributed by atoms with E-state index >= 15 is 0 Å². The number of carbonyl (C=O) groups is 1. The second-order valence-electron chi connectivity index (χ2n) is 4.62. The summed E-state index contributed by atoms with van der Waals surface area (Å²) < 4.78 is 5.07. The van der Waals surface area contributed by atoms with E-state index in [2.05, 4.69) is 5.32 Å². The maximum atomic E-state index is 12.1. The van der Waals surface area contributed by atoms with Crippen molar-refractivity contribution < 1.29 is 9.53 Å². The summed E-state index contributed by atoms with van der Waals surface area (Å²) in [6.07, 6.45) is 4.03. The fourth-order valence-corrected chi connectivity index (χ4v) is 2.54. The topological polar surface area (TPSA) is 38.3 Å². The predicted molar refractivity (Wildman–Crippen MR) is 72.6 cm³/mol. The van der Waals surface area contributed by atoms with Crippen LogP contribution in [0.4, 0.5) is 0 Å². The van der Waals surface area contributed by atoms with Gasteiger partial charge in [0.1, 0.15) is 5.75 Å². The molecular formula is C14H18ClNO2. The van der Waals surface area contributed by atoms with Crippen LogP contribution in [0, 0.1) is 0 Å². The van der Waals surface area contributed by atoms with E-state index in [1.807, 2.05) is 0 Å². The molecule has 3 nitrogen and oxygen atoms in total. The maximum absolute atomic E-state index is 12.1. The molecule has 98 valence electrons. The second-order valence-corrected chi connectivity index (χ2v) is 5.03. The van der Waals surface area contributed by atoms with Crippen LogP contribution in [0.2, 0.25) is 5.02 Å². The van der Waals surface area contributed by atoms with E-state index in [4.69, 9.17) is 16.3 Å². The number of nitrogens with one attached hydrogen (secondary N) is 1. The summed E-state index contributed by atoms with van der Waals surface area (Å²) in [5.41, 5.74) is 0.660. The van der Waals surface area contributed by atoms with Crippen LogP contribution >= 0.6 is 11.6 Å². The molecule has 4 heteroatoms. The van der Waals surface area contributed by atoms with Crippen molar-refractivity contribution in [2.24, 2.45) is 0 Å². The van der Waals surface area contributed by atoms with E-state index in [-0.39, 0.29) is 5.78 Å². The molecule has 1 aromatic rings. The molecule has 1 aromatic carbocycles. The zero-order chi connectivity index (χ0) is 13.0. The minimum Gasteiger partial charge on any atom is -0.495 e. The number of piperidine rings is 1. The van der Waals surface area contributed by atoms with E-state index in [1.54, 1.807) is 25.3 Å². The Kier molecular flexibility index (Phi) is 4.61. The van der Waals surface area contributed by atoms with Gasteiger partial charge in [-0.3, -0.25) is 4.79 Å². The highest BCUT2D eigenvalue weighted by Crippen LogP contribution is 2.26. The third-order valence-electron chi connectivity index (χ3n) is 3.32. The minimum absolute atomic E-state index is 0.138. The normalized spacial score (nSPS) is 19.6. The van der Waals surface area contributed by atoms with Crippen LogP contribution < -0.4 is 10.1 Å². The van der Waals surface area contributed by atoms with Gasteiger partial charge in [0.2, 0.25) is 0 Å². The Morgan fingerprint density at radius 3 is 2.94 bits per heavy atom. The Morgan fingerprint density at radius 2 is 2.33 bits per heavy atom. The summed E-state index contributed by atoms with van der Waals surface area (Å²) in [5.74, 6) is 0.739. The summed E-state index contributed by atoms with van der Waals surface area (Å²) in [7, 11) is 1.56. The van der Waals surface area contributed by atoms with Crippen LogP contribution in [0.1, 0.15) is 36.0 Å². The lowest BCUT2D eigenvalue weighted by Crippen LogP contribution is -2.35. The molecule has 1 N–H and O–H groups in total. The lowest BCUT2D eigenvalue weighted by Gasteiger charge is -2.22. The Labute approximate surface area is 112 Å². The molecular weight excluding hydrogens is 250 g/mol. The summed E-state index contributed by atoms with van der Waals surface area (Å²) in [6, 6.07) is 5.51. The summed E-state index contributed by atoms with van der Waals surface area (Å²) in [4.78, 5) is 12.1. The van der Waals surface area contributed by atoms with Gasteiger partial charge >= 0.3 is 0 Å². The summed E-state index contributed by atoms with van der Waals surface area (Å²) >= 11 is 6.02. The first-order chi connectivity index (χ1) is 8.70. The van der Waals surface area contributed by atoms with Crippen molar-refractivity contribution in [1.29, 1.82) is 0 Å². The van der Waals surface area contributed by atoms with Gasteiger partial charge in [0.05, 0.1) is 12.1 Å². The molecule has 0 aliphatic carbocycles. The van der Waals surface area contributed by atoms with Gasteiger partial charge in [0.15, 0.2) is 5.78 Å². The largest absolute Gasteiger partial charge is 0.495 e. The van der Waals surface area contributed by atoms with E-state index in [1.165, 1.54) is 12.8 Å². The van der Waals surface area contributed by atoms with Crippen LogP contribution in [0.3, 0.4) is 0 Å². The molecule has 0 bridgehead atoms. The van der Waals surface area contributed by atoms with E-state index in [9.17, 15) is 4.79 Å². The first kappa shape index (κ1) is 13.4. The first-order valence-corrected chi connectivity index (χ1v) is 6.68. The molecule has 1 atom stereocenters. The third-order valence-corrected chi connectivity index (χ3v) is 3.61. The van der Waals surface area contributed by atoms with Crippen molar-refractivity contribution in [3.8, 4) is 5.75 Å². The molecule has 2 rings (SSSR count). The van der Waals surface area contributed by atoms with Gasteiger partial charge in [-0.25, -0.2) is 0 Å². The first-order valence-electron chi connectivity index (χ1n) is 6.31. The predicted octanol–water partition coefficient (Wildman–Crippen LogP) is 3.06. The van der Waals surface area contributed by atoms with Gasteiger partial charge in [-0.05, 0) is 37.6 Å². The van der Waals surface area contributed by atoms with Crippen molar-refractivity contribution >= 4 is 17.4 Å². The van der Waals surface area contributed by atoms with Gasteiger partial charge in [-0.15, -0.1) is 0 Å². The molecule has 0 spiro atoms. The number of hydrogen-bond acceptors (Lipinski definition) is 3. The summed E-state index contributed by atoms with van der Waals surface area (Å²) in [6.45, 7) is 1.02. The Hall–Kier alpha value is -1.06. The second kappa shape index (κ2) is 6.21. The van der Waals surface area contributed by atoms with Crippen molar-refractivity contribution in [3.63, 3.8) is 0 Å². The zero-order valence-corrected chi connectivity index (χ0v) is 11.3. The van der Waals surface area contributed by atoms with Crippen LogP contribution in [0.15, 0.2) is 18.2 Å². The summed E-state index contributed by atoms with van der Waals surface area (Å²) in [5, 5.41) is 3.86. The molecule has 0 aromatic heterocycles. The van der Waals surface area contributed by atoms with Gasteiger partial charge in [-0.1, -0.05) is 18.0 Å². The van der Waals surface area contributed by atoms with Crippen molar-refractivity contribution in [3.05, 3.63) is 28.8 Å². The number of methoxy groups -OCH3 is 1. The lowest BCUT2D eigenvalue weighted by atomic mass is 9.97. The van der Waals surface area contributed by atoms with Gasteiger partial charge in [0, 0.05) is 18.0 Å². The molecule has 1 aliphatic heterocycles. The number of carbonyl (C=O) groups excluding carboxylic acids is 1. The maximum Gasteiger partial charge on any atom is 0.164 e. The molecule has 1 saturated heterocycles. The van der Waals surface area contributed by atoms with Crippen LogP contribution in [0.5, 0.6) is 5.75 Å². The number of hydrogen-bond donors (Lipinski definition) is 1. The number of halogens is 1. The van der Waals surface area contributed by atoms with Crippen LogP contribution in [0.25, 0.3) is 0 Å². The zero-order valence-electron chi connectivity index (χ0n) is 10.5. The fourth-order valence-electron chi connectivity index (χ4n) is 2.28. The molecule has 1 aliphatic rings. The molecule has 1 fully saturated rings. The number of Topliss-reactive ketones (excluding diaryl/α,β-unsaturated/α-hetero) is 1. The standard InChI is InChI=1S/C14H18ClNO2/c1-18-14-6-5-10(8-12(14)15)13(17)9-11-4-2-3-7-16-11/h5-6,8,11,16H,2-4,7,9H2,1H3. The van der Waals surface area contributed by atoms with E-state index in [0.717, 1.165) is 13.0 Å². The van der Waals surface area contributed by atoms with Gasteiger partial charge in [0.25, 0.3) is 0 Å². The Bertz CT molecular complexity index is 428. The highest BCUT2D eigenvalue weighted by atomic mass is 35.5. The minimum atomic E-state index is 0.138. The van der Waals surface area contributed by atoms with Gasteiger partial charge < -0.3 is 10.1 Å². The molecule has 1 heterocycles. The van der Waals surface area contributed by atoms with Crippen molar-refractivity contribution in [1.82, 2.24) is 5.32 Å². The number of rotatable bonds is 4. The average molecular weight is 268 g/mol. The molecule has 18 heavy (non-hydrogen) atoms. The highest BCUT2D eigenvalue weighted by Gasteiger charge is 2.18.